The van der Waals surface area contributed by atoms with Crippen molar-refractivity contribution in [3.05, 3.63) is 62.7 Å². The van der Waals surface area contributed by atoms with E-state index >= 15 is 0 Å². The molecule has 1 amide bonds. The minimum absolute atomic E-state index is 0.0234. The number of aryl methyl sites for hydroxylation is 1. The molecule has 0 unspecified atom stereocenters. The summed E-state index contributed by atoms with van der Waals surface area (Å²) in [5.74, 6) is -1.83. The summed E-state index contributed by atoms with van der Waals surface area (Å²) in [6.45, 7) is 0.967. The molecule has 2 aromatic rings. The number of esters is 1. The van der Waals surface area contributed by atoms with Gasteiger partial charge in [0, 0.05) is 12.1 Å². The van der Waals surface area contributed by atoms with Crippen LogP contribution in [0.4, 0.5) is 11.4 Å². The van der Waals surface area contributed by atoms with E-state index in [0.717, 1.165) is 6.07 Å². The van der Waals surface area contributed by atoms with E-state index in [0.29, 0.717) is 5.56 Å². The number of ether oxygens (including phenoxy) is 1. The number of nitro benzene ring substituents is 1. The summed E-state index contributed by atoms with van der Waals surface area (Å²) in [6.07, 6.45) is 0. The molecular weight excluding hydrogens is 352 g/mol. The van der Waals surface area contributed by atoms with Gasteiger partial charge >= 0.3 is 5.97 Å². The Balaban J connectivity index is 2.01. The lowest BCUT2D eigenvalue weighted by molar-refractivity contribution is -0.384. The molecule has 130 valence electrons. The minimum Gasteiger partial charge on any atom is -0.507 e. The lowest BCUT2D eigenvalue weighted by atomic mass is 10.1. The average Bonchev–Trinajstić information content (AvgIpc) is 2.57. The highest BCUT2D eigenvalue weighted by atomic mass is 35.5. The van der Waals surface area contributed by atoms with Crippen molar-refractivity contribution in [2.24, 2.45) is 0 Å². The van der Waals surface area contributed by atoms with Crippen LogP contribution in [0, 0.1) is 17.0 Å². The molecule has 0 aliphatic carbocycles. The second kappa shape index (κ2) is 7.63. The van der Waals surface area contributed by atoms with Crippen molar-refractivity contribution in [2.75, 3.05) is 11.9 Å². The summed E-state index contributed by atoms with van der Waals surface area (Å²) in [7, 11) is 0. The largest absolute Gasteiger partial charge is 0.507 e. The molecule has 0 fully saturated rings. The van der Waals surface area contributed by atoms with Gasteiger partial charge in [-0.1, -0.05) is 23.7 Å². The van der Waals surface area contributed by atoms with E-state index in [1.165, 1.54) is 18.2 Å². The Morgan fingerprint density at radius 3 is 2.72 bits per heavy atom. The van der Waals surface area contributed by atoms with Crippen LogP contribution in [-0.2, 0) is 9.53 Å². The van der Waals surface area contributed by atoms with Crippen molar-refractivity contribution < 1.29 is 24.4 Å². The summed E-state index contributed by atoms with van der Waals surface area (Å²) < 4.78 is 4.83. The molecule has 0 bridgehead atoms. The number of phenolic OH excluding ortho intramolecular Hbond substituents is 1. The number of hydrogen-bond donors (Lipinski definition) is 2. The van der Waals surface area contributed by atoms with Crippen molar-refractivity contribution in [1.29, 1.82) is 0 Å². The number of carbonyl (C=O) groups is 2. The Morgan fingerprint density at radius 1 is 1.32 bits per heavy atom. The van der Waals surface area contributed by atoms with Gasteiger partial charge in [-0.15, -0.1) is 0 Å². The molecule has 25 heavy (non-hydrogen) atoms. The number of amides is 1. The van der Waals surface area contributed by atoms with Crippen LogP contribution in [0.1, 0.15) is 15.9 Å². The Bertz CT molecular complexity index is 853. The molecule has 0 radical (unpaired) electrons. The summed E-state index contributed by atoms with van der Waals surface area (Å²) in [5, 5.41) is 23.0. The van der Waals surface area contributed by atoms with E-state index < -0.39 is 23.4 Å². The average molecular weight is 365 g/mol. The highest BCUT2D eigenvalue weighted by Gasteiger charge is 2.17. The number of nitrogens with one attached hydrogen (secondary N) is 1. The zero-order valence-electron chi connectivity index (χ0n) is 13.0. The lowest BCUT2D eigenvalue weighted by Crippen LogP contribution is -2.21. The zero-order chi connectivity index (χ0) is 18.6. The first-order valence-corrected chi connectivity index (χ1v) is 7.37. The molecular formula is C16H13ClN2O6. The maximum Gasteiger partial charge on any atom is 0.342 e. The number of phenols is 1. The maximum atomic E-state index is 11.9. The smallest absolute Gasteiger partial charge is 0.342 e. The third-order valence-corrected chi connectivity index (χ3v) is 3.56. The van der Waals surface area contributed by atoms with Gasteiger partial charge in [-0.05, 0) is 24.6 Å². The molecule has 9 heteroatoms. The van der Waals surface area contributed by atoms with Gasteiger partial charge in [-0.25, -0.2) is 4.79 Å². The monoisotopic (exact) mass is 364 g/mol. The van der Waals surface area contributed by atoms with E-state index in [-0.39, 0.29) is 27.7 Å². The van der Waals surface area contributed by atoms with Crippen LogP contribution in [0.15, 0.2) is 36.4 Å². The number of aromatic hydroxyl groups is 1. The Kier molecular flexibility index (Phi) is 5.56. The minimum atomic E-state index is -0.874. The van der Waals surface area contributed by atoms with Crippen LogP contribution in [0.5, 0.6) is 5.75 Å². The molecule has 0 aliphatic rings. The number of hydrogen-bond acceptors (Lipinski definition) is 6. The summed E-state index contributed by atoms with van der Waals surface area (Å²) in [6, 6.07) is 8.09. The van der Waals surface area contributed by atoms with Crippen molar-refractivity contribution in [1.82, 2.24) is 0 Å². The summed E-state index contributed by atoms with van der Waals surface area (Å²) >= 11 is 5.86. The molecule has 8 nitrogen and oxygen atoms in total. The number of nitro groups is 1. The predicted octanol–water partition coefficient (Wildman–Crippen LogP) is 3.06. The topological polar surface area (TPSA) is 119 Å². The van der Waals surface area contributed by atoms with E-state index in [1.807, 2.05) is 0 Å². The van der Waals surface area contributed by atoms with Gasteiger partial charge in [0.25, 0.3) is 11.6 Å². The van der Waals surface area contributed by atoms with Crippen molar-refractivity contribution in [3.8, 4) is 5.75 Å². The highest BCUT2D eigenvalue weighted by Crippen LogP contribution is 2.26. The van der Waals surface area contributed by atoms with Crippen LogP contribution in [-0.4, -0.2) is 28.5 Å². The van der Waals surface area contributed by atoms with Crippen molar-refractivity contribution in [3.63, 3.8) is 0 Å². The van der Waals surface area contributed by atoms with Crippen LogP contribution in [0.2, 0.25) is 5.02 Å². The quantitative estimate of drug-likeness (QED) is 0.478. The molecule has 2 N–H and O–H groups in total. The summed E-state index contributed by atoms with van der Waals surface area (Å²) in [4.78, 5) is 33.9. The van der Waals surface area contributed by atoms with E-state index in [4.69, 9.17) is 16.3 Å². The number of carbonyl (C=O) groups excluding carboxylic acids is 2. The standard InChI is InChI=1S/C16H13ClN2O6/c1-9-3-2-4-11(15(9)21)16(22)25-8-14(20)18-13-7-10(19(23)24)5-6-12(13)17/h2-7,21H,8H2,1H3,(H,18,20). The zero-order valence-corrected chi connectivity index (χ0v) is 13.7. The third-order valence-electron chi connectivity index (χ3n) is 3.23. The van der Waals surface area contributed by atoms with Crippen molar-refractivity contribution >= 4 is 34.9 Å². The van der Waals surface area contributed by atoms with Gasteiger partial charge in [0.2, 0.25) is 0 Å². The first-order chi connectivity index (χ1) is 11.8. The molecule has 0 aromatic heterocycles. The molecule has 2 rings (SSSR count). The highest BCUT2D eigenvalue weighted by molar-refractivity contribution is 6.33. The fraction of sp³-hybridized carbons (Fsp3) is 0.125. The molecule has 0 heterocycles. The number of nitrogens with zero attached hydrogens (tertiary/aromatic N) is 1. The van der Waals surface area contributed by atoms with Crippen LogP contribution >= 0.6 is 11.6 Å². The van der Waals surface area contributed by atoms with Crippen LogP contribution in [0.3, 0.4) is 0 Å². The first kappa shape index (κ1) is 18.2. The SMILES string of the molecule is Cc1cccc(C(=O)OCC(=O)Nc2cc([N+](=O)[O-])ccc2Cl)c1O. The van der Waals surface area contributed by atoms with Gasteiger partial charge in [0.15, 0.2) is 6.61 Å². The maximum absolute atomic E-state index is 11.9. The van der Waals surface area contributed by atoms with E-state index in [9.17, 15) is 24.8 Å². The van der Waals surface area contributed by atoms with Gasteiger partial charge in [-0.3, -0.25) is 14.9 Å². The van der Waals surface area contributed by atoms with Crippen LogP contribution in [0.25, 0.3) is 0 Å². The number of non-ortho nitro benzene ring substituents is 1. The van der Waals surface area contributed by atoms with Gasteiger partial charge < -0.3 is 15.2 Å². The van der Waals surface area contributed by atoms with E-state index in [2.05, 4.69) is 5.32 Å². The first-order valence-electron chi connectivity index (χ1n) is 6.99. The normalized spacial score (nSPS) is 10.2. The van der Waals surface area contributed by atoms with Crippen LogP contribution < -0.4 is 5.32 Å². The number of anilines is 1. The lowest BCUT2D eigenvalue weighted by Gasteiger charge is -2.09. The Morgan fingerprint density at radius 2 is 2.04 bits per heavy atom. The van der Waals surface area contributed by atoms with Crippen molar-refractivity contribution in [2.45, 2.75) is 6.92 Å². The van der Waals surface area contributed by atoms with Gasteiger partial charge in [0.05, 0.1) is 15.6 Å². The molecule has 0 spiro atoms. The molecule has 0 atom stereocenters. The fourth-order valence-corrected chi connectivity index (χ4v) is 2.11. The fourth-order valence-electron chi connectivity index (χ4n) is 1.94. The second-order valence-electron chi connectivity index (χ2n) is 5.02. The number of benzene rings is 2. The third kappa shape index (κ3) is 4.45. The molecule has 0 saturated carbocycles. The van der Waals surface area contributed by atoms with Gasteiger partial charge in [0.1, 0.15) is 11.3 Å². The summed E-state index contributed by atoms with van der Waals surface area (Å²) in [5.41, 5.74) is 0.195. The Hall–Kier alpha value is -3.13. The number of para-hydroxylation sites is 1. The number of halogens is 1. The van der Waals surface area contributed by atoms with Gasteiger partial charge in [-0.2, -0.15) is 0 Å². The molecule has 0 aliphatic heterocycles. The predicted molar refractivity (Wildman–Crippen MR) is 89.9 cm³/mol. The number of rotatable bonds is 5. The molecule has 0 saturated heterocycles. The Labute approximate surface area is 147 Å². The van der Waals surface area contributed by atoms with E-state index in [1.54, 1.807) is 19.1 Å². The molecule has 2 aromatic carbocycles. The second-order valence-corrected chi connectivity index (χ2v) is 5.42.